The topological polar surface area (TPSA) is 97.2 Å². The Labute approximate surface area is 92.1 Å². The maximum atomic E-state index is 9.10. The molecular formula is C10H12N4O2. The second kappa shape index (κ2) is 4.19. The summed E-state index contributed by atoms with van der Waals surface area (Å²) in [5, 5.41) is 19.6. The van der Waals surface area contributed by atoms with Gasteiger partial charge in [-0.25, -0.2) is 0 Å². The van der Waals surface area contributed by atoms with E-state index in [9.17, 15) is 0 Å². The van der Waals surface area contributed by atoms with E-state index in [4.69, 9.17) is 15.3 Å². The molecule has 0 aliphatic carbocycles. The van der Waals surface area contributed by atoms with Gasteiger partial charge >= 0.3 is 6.01 Å². The molecular weight excluding hydrogens is 208 g/mol. The summed E-state index contributed by atoms with van der Waals surface area (Å²) in [6.45, 7) is 1.76. The van der Waals surface area contributed by atoms with Crippen LogP contribution in [0.2, 0.25) is 0 Å². The molecule has 1 atom stereocenters. The summed E-state index contributed by atoms with van der Waals surface area (Å²) in [4.78, 5) is 0. The molecule has 2 aromatic rings. The lowest BCUT2D eigenvalue weighted by Gasteiger charge is -2.00. The van der Waals surface area contributed by atoms with Gasteiger partial charge < -0.3 is 20.6 Å². The van der Waals surface area contributed by atoms with Gasteiger partial charge in [0.1, 0.15) is 5.75 Å². The lowest BCUT2D eigenvalue weighted by Crippen LogP contribution is -2.04. The van der Waals surface area contributed by atoms with E-state index in [2.05, 4.69) is 15.5 Å². The molecule has 0 bridgehead atoms. The summed E-state index contributed by atoms with van der Waals surface area (Å²) in [6.07, 6.45) is 0. The van der Waals surface area contributed by atoms with Crippen molar-refractivity contribution in [2.45, 2.75) is 13.0 Å². The highest BCUT2D eigenvalue weighted by molar-refractivity contribution is 5.52. The van der Waals surface area contributed by atoms with Crippen LogP contribution in [0.25, 0.3) is 0 Å². The summed E-state index contributed by atoms with van der Waals surface area (Å²) < 4.78 is 5.26. The van der Waals surface area contributed by atoms with E-state index in [-0.39, 0.29) is 17.8 Å². The molecule has 0 saturated heterocycles. The van der Waals surface area contributed by atoms with Crippen LogP contribution in [0.1, 0.15) is 18.9 Å². The van der Waals surface area contributed by atoms with Gasteiger partial charge in [-0.3, -0.25) is 0 Å². The fourth-order valence-corrected chi connectivity index (χ4v) is 1.14. The molecule has 6 nitrogen and oxygen atoms in total. The van der Waals surface area contributed by atoms with Gasteiger partial charge in [-0.2, -0.15) is 0 Å². The highest BCUT2D eigenvalue weighted by atomic mass is 16.4. The van der Waals surface area contributed by atoms with Crippen molar-refractivity contribution in [2.24, 2.45) is 5.73 Å². The Morgan fingerprint density at radius 1 is 1.31 bits per heavy atom. The van der Waals surface area contributed by atoms with Crippen molar-refractivity contribution in [3.05, 3.63) is 30.2 Å². The van der Waals surface area contributed by atoms with Crippen LogP contribution in [0.3, 0.4) is 0 Å². The number of nitrogens with zero attached hydrogens (tertiary/aromatic N) is 2. The highest BCUT2D eigenvalue weighted by Gasteiger charge is 2.09. The largest absolute Gasteiger partial charge is 0.508 e. The van der Waals surface area contributed by atoms with Crippen molar-refractivity contribution in [3.8, 4) is 5.75 Å². The van der Waals surface area contributed by atoms with Crippen LogP contribution in [0.5, 0.6) is 5.75 Å². The first-order chi connectivity index (χ1) is 7.65. The Bertz CT molecular complexity index is 464. The molecule has 16 heavy (non-hydrogen) atoms. The number of benzene rings is 1. The fraction of sp³-hybridized carbons (Fsp3) is 0.200. The summed E-state index contributed by atoms with van der Waals surface area (Å²) in [5.74, 6) is 0.577. The first-order valence-corrected chi connectivity index (χ1v) is 4.80. The standard InChI is InChI=1S/C10H12N4O2/c1-6(11)9-13-14-10(16-9)12-7-2-4-8(15)5-3-7/h2-6,15H,11H2,1H3,(H,12,14). The first kappa shape index (κ1) is 10.4. The molecule has 0 saturated carbocycles. The zero-order valence-corrected chi connectivity index (χ0v) is 8.71. The molecule has 2 rings (SSSR count). The van der Waals surface area contributed by atoms with E-state index in [0.29, 0.717) is 5.89 Å². The minimum absolute atomic E-state index is 0.201. The average molecular weight is 220 g/mol. The van der Waals surface area contributed by atoms with Crippen LogP contribution in [-0.2, 0) is 0 Å². The number of rotatable bonds is 3. The number of aromatic hydroxyl groups is 1. The highest BCUT2D eigenvalue weighted by Crippen LogP contribution is 2.19. The smallest absolute Gasteiger partial charge is 0.320 e. The van der Waals surface area contributed by atoms with Gasteiger partial charge in [0.05, 0.1) is 6.04 Å². The number of nitrogens with two attached hydrogens (primary N) is 1. The molecule has 1 aromatic heterocycles. The van der Waals surface area contributed by atoms with Crippen molar-refractivity contribution in [2.75, 3.05) is 5.32 Å². The van der Waals surface area contributed by atoms with Crippen LogP contribution >= 0.6 is 0 Å². The number of hydrogen-bond acceptors (Lipinski definition) is 6. The first-order valence-electron chi connectivity index (χ1n) is 4.80. The van der Waals surface area contributed by atoms with Crippen molar-refractivity contribution in [1.82, 2.24) is 10.2 Å². The maximum Gasteiger partial charge on any atom is 0.320 e. The van der Waals surface area contributed by atoms with E-state index in [1.165, 1.54) is 0 Å². The number of anilines is 2. The van der Waals surface area contributed by atoms with Crippen LogP contribution in [0.4, 0.5) is 11.7 Å². The number of aromatic nitrogens is 2. The Morgan fingerprint density at radius 3 is 2.56 bits per heavy atom. The fourth-order valence-electron chi connectivity index (χ4n) is 1.14. The molecule has 0 amide bonds. The third kappa shape index (κ3) is 2.29. The van der Waals surface area contributed by atoms with E-state index in [1.54, 1.807) is 31.2 Å². The molecule has 0 radical (unpaired) electrons. The number of phenolic OH excluding ortho intramolecular Hbond substituents is 1. The maximum absolute atomic E-state index is 9.10. The van der Waals surface area contributed by atoms with Crippen LogP contribution in [-0.4, -0.2) is 15.3 Å². The molecule has 4 N–H and O–H groups in total. The van der Waals surface area contributed by atoms with Gasteiger partial charge in [0.15, 0.2) is 0 Å². The van der Waals surface area contributed by atoms with Crippen molar-refractivity contribution in [3.63, 3.8) is 0 Å². The molecule has 0 fully saturated rings. The zero-order valence-electron chi connectivity index (χ0n) is 8.71. The summed E-state index contributed by atoms with van der Waals surface area (Å²) in [7, 11) is 0. The van der Waals surface area contributed by atoms with Gasteiger partial charge in [-0.05, 0) is 31.2 Å². The molecule has 0 spiro atoms. The lowest BCUT2D eigenvalue weighted by molar-refractivity contribution is 0.474. The number of nitrogens with one attached hydrogen (secondary N) is 1. The minimum atomic E-state index is -0.289. The van der Waals surface area contributed by atoms with E-state index >= 15 is 0 Å². The van der Waals surface area contributed by atoms with Crippen molar-refractivity contribution < 1.29 is 9.52 Å². The second-order valence-corrected chi connectivity index (χ2v) is 3.41. The van der Waals surface area contributed by atoms with E-state index < -0.39 is 0 Å². The van der Waals surface area contributed by atoms with Gasteiger partial charge in [0.25, 0.3) is 0 Å². The minimum Gasteiger partial charge on any atom is -0.508 e. The zero-order chi connectivity index (χ0) is 11.5. The monoisotopic (exact) mass is 220 g/mol. The third-order valence-electron chi connectivity index (χ3n) is 1.95. The van der Waals surface area contributed by atoms with Gasteiger partial charge in [0.2, 0.25) is 5.89 Å². The summed E-state index contributed by atoms with van der Waals surface area (Å²) in [5.41, 5.74) is 6.33. The lowest BCUT2D eigenvalue weighted by atomic mass is 10.3. The Balaban J connectivity index is 2.11. The van der Waals surface area contributed by atoms with Crippen LogP contribution in [0.15, 0.2) is 28.7 Å². The van der Waals surface area contributed by atoms with Crippen LogP contribution < -0.4 is 11.1 Å². The quantitative estimate of drug-likeness (QED) is 0.679. The molecule has 84 valence electrons. The Morgan fingerprint density at radius 2 is 2.00 bits per heavy atom. The normalized spacial score (nSPS) is 12.4. The predicted molar refractivity (Wildman–Crippen MR) is 58.3 cm³/mol. The summed E-state index contributed by atoms with van der Waals surface area (Å²) in [6, 6.07) is 6.51. The third-order valence-corrected chi connectivity index (χ3v) is 1.95. The van der Waals surface area contributed by atoms with Crippen molar-refractivity contribution >= 4 is 11.7 Å². The predicted octanol–water partition coefficient (Wildman–Crippen LogP) is 1.54. The van der Waals surface area contributed by atoms with E-state index in [0.717, 1.165) is 5.69 Å². The SMILES string of the molecule is CC(N)c1nnc(Nc2ccc(O)cc2)o1. The molecule has 6 heteroatoms. The van der Waals surface area contributed by atoms with E-state index in [1.807, 2.05) is 0 Å². The second-order valence-electron chi connectivity index (χ2n) is 3.41. The molecule has 0 aliphatic rings. The number of phenols is 1. The Hall–Kier alpha value is -2.08. The molecule has 1 heterocycles. The van der Waals surface area contributed by atoms with Gasteiger partial charge in [-0.1, -0.05) is 5.10 Å². The van der Waals surface area contributed by atoms with Crippen molar-refractivity contribution in [1.29, 1.82) is 0 Å². The van der Waals surface area contributed by atoms with Gasteiger partial charge in [-0.15, -0.1) is 5.10 Å². The molecule has 1 unspecified atom stereocenters. The molecule has 1 aromatic carbocycles. The Kier molecular flexibility index (Phi) is 2.74. The van der Waals surface area contributed by atoms with Crippen LogP contribution in [0, 0.1) is 0 Å². The molecule has 0 aliphatic heterocycles. The van der Waals surface area contributed by atoms with Gasteiger partial charge in [0, 0.05) is 5.69 Å². The summed E-state index contributed by atoms with van der Waals surface area (Å²) >= 11 is 0. The number of hydrogen-bond donors (Lipinski definition) is 3. The average Bonchev–Trinajstić information content (AvgIpc) is 2.70.